The van der Waals surface area contributed by atoms with E-state index in [1.807, 2.05) is 12.1 Å². The van der Waals surface area contributed by atoms with E-state index in [1.165, 1.54) is 5.56 Å². The fraction of sp³-hybridized carbons (Fsp3) is 0.154. The molecule has 1 unspecified atom stereocenters. The van der Waals surface area contributed by atoms with Crippen LogP contribution in [0.15, 0.2) is 41.1 Å². The third kappa shape index (κ3) is 3.71. The lowest BCUT2D eigenvalue weighted by atomic mass is 10.1. The first-order valence-electron chi connectivity index (χ1n) is 5.70. The molecule has 0 bridgehead atoms. The second kappa shape index (κ2) is 6.08. The van der Waals surface area contributed by atoms with Crippen LogP contribution < -0.4 is 11.1 Å². The summed E-state index contributed by atoms with van der Waals surface area (Å²) in [6, 6.07) is 8.26. The van der Waals surface area contributed by atoms with Gasteiger partial charge in [-0.3, -0.25) is 0 Å². The molecule has 2 aromatic rings. The number of halogens is 1. The van der Waals surface area contributed by atoms with E-state index in [0.717, 1.165) is 4.47 Å². The Morgan fingerprint density at radius 3 is 2.47 bits per heavy atom. The number of nitrogens with two attached hydrogens (primary N) is 1. The highest BCUT2D eigenvalue weighted by atomic mass is 79.9. The van der Waals surface area contributed by atoms with Crippen molar-refractivity contribution in [2.45, 2.75) is 13.0 Å². The molecule has 1 aromatic heterocycles. The summed E-state index contributed by atoms with van der Waals surface area (Å²) in [6.45, 7) is 2.06. The van der Waals surface area contributed by atoms with Crippen LogP contribution in [-0.2, 0) is 0 Å². The monoisotopic (exact) mass is 336 g/mol. The van der Waals surface area contributed by atoms with Crippen molar-refractivity contribution in [1.82, 2.24) is 9.97 Å². The van der Waals surface area contributed by atoms with Crippen LogP contribution in [0.5, 0.6) is 0 Å². The van der Waals surface area contributed by atoms with Gasteiger partial charge in [0, 0.05) is 10.5 Å². The van der Waals surface area contributed by atoms with Crippen molar-refractivity contribution >= 4 is 39.0 Å². The summed E-state index contributed by atoms with van der Waals surface area (Å²) in [6.07, 6.45) is 3.20. The highest BCUT2D eigenvalue weighted by Crippen LogP contribution is 2.19. The maximum Gasteiger partial charge on any atom is 0.144 e. The molecule has 0 spiro atoms. The largest absolute Gasteiger partial charge is 0.388 e. The topological polar surface area (TPSA) is 63.8 Å². The molecule has 2 rings (SSSR count). The molecule has 3 N–H and O–H groups in total. The van der Waals surface area contributed by atoms with E-state index >= 15 is 0 Å². The molecule has 0 amide bonds. The van der Waals surface area contributed by atoms with Gasteiger partial charge in [-0.05, 0) is 24.6 Å². The molecule has 0 saturated carbocycles. The quantitative estimate of drug-likeness (QED) is 0.840. The number of aromatic nitrogens is 2. The minimum Gasteiger partial charge on any atom is -0.388 e. The van der Waals surface area contributed by atoms with E-state index in [9.17, 15) is 0 Å². The standard InChI is InChI=1S/C13H13BrN4S/c1-8(9-2-4-10(14)5-3-9)18-12-7-16-11(6-17-12)13(15)19/h2-8H,1H3,(H2,15,19)(H,17,18). The van der Waals surface area contributed by atoms with Crippen LogP contribution in [-0.4, -0.2) is 15.0 Å². The van der Waals surface area contributed by atoms with E-state index in [2.05, 4.69) is 50.3 Å². The normalized spacial score (nSPS) is 11.9. The smallest absolute Gasteiger partial charge is 0.144 e. The zero-order valence-corrected chi connectivity index (χ0v) is 12.7. The molecule has 0 saturated heterocycles. The van der Waals surface area contributed by atoms with Crippen molar-refractivity contribution in [3.05, 3.63) is 52.4 Å². The molecule has 1 atom stereocenters. The summed E-state index contributed by atoms with van der Waals surface area (Å²) in [5, 5.41) is 3.27. The second-order valence-corrected chi connectivity index (χ2v) is 5.42. The Morgan fingerprint density at radius 2 is 1.95 bits per heavy atom. The molecule has 0 fully saturated rings. The van der Waals surface area contributed by atoms with E-state index < -0.39 is 0 Å². The van der Waals surface area contributed by atoms with Gasteiger partial charge in [-0.15, -0.1) is 0 Å². The number of rotatable bonds is 4. The molecule has 98 valence electrons. The third-order valence-electron chi connectivity index (χ3n) is 2.64. The van der Waals surface area contributed by atoms with E-state index in [4.69, 9.17) is 18.0 Å². The van der Waals surface area contributed by atoms with Gasteiger partial charge in [-0.25, -0.2) is 9.97 Å². The number of anilines is 1. The summed E-state index contributed by atoms with van der Waals surface area (Å²) in [4.78, 5) is 8.62. The van der Waals surface area contributed by atoms with Crippen LogP contribution >= 0.6 is 28.1 Å². The van der Waals surface area contributed by atoms with Gasteiger partial charge in [0.1, 0.15) is 16.5 Å². The van der Waals surface area contributed by atoms with Crippen molar-refractivity contribution in [2.75, 3.05) is 5.32 Å². The summed E-state index contributed by atoms with van der Waals surface area (Å²) < 4.78 is 1.06. The van der Waals surface area contributed by atoms with E-state index in [-0.39, 0.29) is 11.0 Å². The molecular weight excluding hydrogens is 324 g/mol. The van der Waals surface area contributed by atoms with Gasteiger partial charge in [0.2, 0.25) is 0 Å². The molecular formula is C13H13BrN4S. The molecule has 1 aromatic carbocycles. The Labute approximate surface area is 125 Å². The molecule has 1 heterocycles. The Bertz CT molecular complexity index is 568. The summed E-state index contributed by atoms with van der Waals surface area (Å²) in [5.74, 6) is 0.690. The first-order valence-corrected chi connectivity index (χ1v) is 6.90. The Morgan fingerprint density at radius 1 is 1.26 bits per heavy atom. The first kappa shape index (κ1) is 13.9. The maximum atomic E-state index is 5.47. The van der Waals surface area contributed by atoms with Gasteiger partial charge in [0.25, 0.3) is 0 Å². The zero-order valence-electron chi connectivity index (χ0n) is 10.3. The molecule has 0 aliphatic heterocycles. The van der Waals surface area contributed by atoms with Crippen LogP contribution in [0.2, 0.25) is 0 Å². The average Bonchev–Trinajstić information content (AvgIpc) is 2.40. The number of nitrogens with zero attached hydrogens (tertiary/aromatic N) is 2. The third-order valence-corrected chi connectivity index (χ3v) is 3.38. The number of thiocarbonyl (C=S) groups is 1. The van der Waals surface area contributed by atoms with Crippen LogP contribution in [0.4, 0.5) is 5.82 Å². The molecule has 6 heteroatoms. The van der Waals surface area contributed by atoms with Gasteiger partial charge >= 0.3 is 0 Å². The lowest BCUT2D eigenvalue weighted by Crippen LogP contribution is -2.13. The first-order chi connectivity index (χ1) is 9.06. The number of hydrogen-bond acceptors (Lipinski definition) is 4. The van der Waals surface area contributed by atoms with Crippen molar-refractivity contribution in [2.24, 2.45) is 5.73 Å². The van der Waals surface area contributed by atoms with Crippen LogP contribution in [0.25, 0.3) is 0 Å². The molecule has 0 aliphatic rings. The molecule has 19 heavy (non-hydrogen) atoms. The molecule has 4 nitrogen and oxygen atoms in total. The molecule has 0 aliphatic carbocycles. The number of benzene rings is 1. The molecule has 0 radical (unpaired) electrons. The van der Waals surface area contributed by atoms with Crippen molar-refractivity contribution in [3.63, 3.8) is 0 Å². The Balaban J connectivity index is 2.08. The predicted molar refractivity (Wildman–Crippen MR) is 84.1 cm³/mol. The summed E-state index contributed by atoms with van der Waals surface area (Å²) in [5.41, 5.74) is 7.17. The van der Waals surface area contributed by atoms with Gasteiger partial charge in [-0.1, -0.05) is 40.3 Å². The fourth-order valence-electron chi connectivity index (χ4n) is 1.59. The number of hydrogen-bond donors (Lipinski definition) is 2. The zero-order chi connectivity index (χ0) is 13.8. The highest BCUT2D eigenvalue weighted by molar-refractivity contribution is 9.10. The summed E-state index contributed by atoms with van der Waals surface area (Å²) in [7, 11) is 0. The van der Waals surface area contributed by atoms with Gasteiger partial charge in [-0.2, -0.15) is 0 Å². The Kier molecular flexibility index (Phi) is 4.44. The van der Waals surface area contributed by atoms with Crippen molar-refractivity contribution < 1.29 is 0 Å². The fourth-order valence-corrected chi connectivity index (χ4v) is 1.96. The number of nitrogens with one attached hydrogen (secondary N) is 1. The van der Waals surface area contributed by atoms with Crippen LogP contribution in [0.1, 0.15) is 24.2 Å². The minimum absolute atomic E-state index is 0.137. The Hall–Kier alpha value is -1.53. The van der Waals surface area contributed by atoms with Crippen molar-refractivity contribution in [1.29, 1.82) is 0 Å². The van der Waals surface area contributed by atoms with E-state index in [0.29, 0.717) is 11.5 Å². The predicted octanol–water partition coefficient (Wildman–Crippen LogP) is 3.05. The van der Waals surface area contributed by atoms with Crippen molar-refractivity contribution in [3.8, 4) is 0 Å². The minimum atomic E-state index is 0.137. The van der Waals surface area contributed by atoms with Crippen LogP contribution in [0, 0.1) is 0 Å². The SMILES string of the molecule is CC(Nc1cnc(C(N)=S)cn1)c1ccc(Br)cc1. The average molecular weight is 337 g/mol. The van der Waals surface area contributed by atoms with Gasteiger partial charge < -0.3 is 11.1 Å². The second-order valence-electron chi connectivity index (χ2n) is 4.07. The highest BCUT2D eigenvalue weighted by Gasteiger charge is 2.06. The van der Waals surface area contributed by atoms with Gasteiger partial charge in [0.05, 0.1) is 12.4 Å². The van der Waals surface area contributed by atoms with Gasteiger partial charge in [0.15, 0.2) is 0 Å². The van der Waals surface area contributed by atoms with Crippen LogP contribution in [0.3, 0.4) is 0 Å². The lowest BCUT2D eigenvalue weighted by Gasteiger charge is -2.14. The summed E-state index contributed by atoms with van der Waals surface area (Å²) >= 11 is 8.25. The maximum absolute atomic E-state index is 5.47. The van der Waals surface area contributed by atoms with E-state index in [1.54, 1.807) is 12.4 Å². The lowest BCUT2D eigenvalue weighted by molar-refractivity contribution is 0.870.